The fraction of sp³-hybridized carbons (Fsp3) is 0.375. The first-order valence-electron chi connectivity index (χ1n) is 15.0. The SMILES string of the molecule is CCNC(=O)Nc1cc(-c2nc(C(F)(F)F)cs2)c(-c2ccc3c(c2)c(=O)c(C(=O)O)cn3C2CCCN(C(=O)OC(C)(C)C)C2)cn1. The number of anilines is 1. The van der Waals surface area contributed by atoms with Crippen molar-refractivity contribution in [3.05, 3.63) is 63.5 Å². The Morgan fingerprint density at radius 1 is 1.15 bits per heavy atom. The molecular weight excluding hydrogens is 653 g/mol. The van der Waals surface area contributed by atoms with E-state index in [0.29, 0.717) is 42.6 Å². The summed E-state index contributed by atoms with van der Waals surface area (Å²) in [6.45, 7) is 7.98. The summed E-state index contributed by atoms with van der Waals surface area (Å²) in [7, 11) is 0. The number of nitrogens with one attached hydrogen (secondary N) is 2. The average molecular weight is 687 g/mol. The molecule has 4 aromatic rings. The van der Waals surface area contributed by atoms with Crippen LogP contribution in [0.3, 0.4) is 0 Å². The van der Waals surface area contributed by atoms with E-state index in [2.05, 4.69) is 20.6 Å². The maximum atomic E-state index is 13.5. The highest BCUT2D eigenvalue weighted by molar-refractivity contribution is 7.13. The van der Waals surface area contributed by atoms with E-state index < -0.39 is 46.6 Å². The van der Waals surface area contributed by atoms with E-state index in [-0.39, 0.29) is 34.4 Å². The molecule has 16 heteroatoms. The minimum absolute atomic E-state index is 0.0140. The Morgan fingerprint density at radius 2 is 1.90 bits per heavy atom. The van der Waals surface area contributed by atoms with Gasteiger partial charge in [0, 0.05) is 53.9 Å². The van der Waals surface area contributed by atoms with Gasteiger partial charge >= 0.3 is 24.3 Å². The molecule has 1 saturated heterocycles. The molecule has 1 fully saturated rings. The van der Waals surface area contributed by atoms with Crippen LogP contribution in [0.4, 0.5) is 28.6 Å². The van der Waals surface area contributed by atoms with Crippen molar-refractivity contribution in [2.75, 3.05) is 25.0 Å². The van der Waals surface area contributed by atoms with Gasteiger partial charge in [-0.3, -0.25) is 10.1 Å². The molecule has 1 aliphatic rings. The normalized spacial score (nSPS) is 15.3. The summed E-state index contributed by atoms with van der Waals surface area (Å²) in [4.78, 5) is 60.4. The van der Waals surface area contributed by atoms with Gasteiger partial charge in [0.25, 0.3) is 0 Å². The zero-order valence-corrected chi connectivity index (χ0v) is 27.3. The molecular formula is C32H33F3N6O6S. The second-order valence-corrected chi connectivity index (χ2v) is 13.0. The summed E-state index contributed by atoms with van der Waals surface area (Å²) in [5.74, 6) is -1.39. The molecule has 12 nitrogen and oxygen atoms in total. The number of carboxylic acids is 1. The number of carbonyl (C=O) groups is 3. The predicted molar refractivity (Wildman–Crippen MR) is 173 cm³/mol. The number of urea groups is 1. The lowest BCUT2D eigenvalue weighted by Gasteiger charge is -2.35. The number of carbonyl (C=O) groups excluding carboxylic acids is 2. The van der Waals surface area contributed by atoms with E-state index in [4.69, 9.17) is 4.74 Å². The number of hydrogen-bond acceptors (Lipinski definition) is 8. The Bertz CT molecular complexity index is 1950. The Morgan fingerprint density at radius 3 is 2.54 bits per heavy atom. The standard InChI is InChI=1S/C32H33F3N6O6S/c1-5-36-29(45)39-25-12-19(27-38-24(16-48-27)32(33,34)35)21(13-37-25)17-8-9-23-20(11-17)26(42)22(28(43)44)15-41(23)18-7-6-10-40(14-18)30(46)47-31(2,3)4/h8-9,11-13,15-16,18H,5-7,10,14H2,1-4H3,(H,43,44)(H2,36,37,39,45). The number of fused-ring (bicyclic) bond motifs is 1. The zero-order chi connectivity index (χ0) is 35.0. The largest absolute Gasteiger partial charge is 0.477 e. The van der Waals surface area contributed by atoms with Gasteiger partial charge in [0.05, 0.1) is 11.6 Å². The van der Waals surface area contributed by atoms with E-state index in [1.54, 1.807) is 49.3 Å². The molecule has 3 aromatic heterocycles. The number of piperidine rings is 1. The number of nitrogens with zero attached hydrogens (tertiary/aromatic N) is 4. The van der Waals surface area contributed by atoms with E-state index in [1.165, 1.54) is 24.5 Å². The fourth-order valence-electron chi connectivity index (χ4n) is 5.43. The van der Waals surface area contributed by atoms with Crippen molar-refractivity contribution in [2.45, 2.75) is 58.4 Å². The van der Waals surface area contributed by atoms with Crippen LogP contribution in [0.1, 0.15) is 62.6 Å². The second-order valence-electron chi connectivity index (χ2n) is 12.2. The second kappa shape index (κ2) is 13.3. The molecule has 1 aliphatic heterocycles. The summed E-state index contributed by atoms with van der Waals surface area (Å²) in [5.41, 5.74) is -1.79. The lowest BCUT2D eigenvalue weighted by molar-refractivity contribution is -0.140. The number of thiazole rings is 1. The van der Waals surface area contributed by atoms with E-state index in [0.717, 1.165) is 16.7 Å². The number of carboxylic acid groups (broad SMARTS) is 1. The Kier molecular flexibility index (Phi) is 9.48. The summed E-state index contributed by atoms with van der Waals surface area (Å²) in [5, 5.41) is 15.9. The lowest BCUT2D eigenvalue weighted by atomic mass is 9.98. The molecule has 5 rings (SSSR count). The Hall–Kier alpha value is -4.99. The molecule has 0 aliphatic carbocycles. The van der Waals surface area contributed by atoms with Crippen LogP contribution >= 0.6 is 11.3 Å². The number of benzene rings is 1. The molecule has 0 spiro atoms. The molecule has 1 aromatic carbocycles. The molecule has 1 unspecified atom stereocenters. The first-order chi connectivity index (χ1) is 22.6. The molecule has 3 N–H and O–H groups in total. The van der Waals surface area contributed by atoms with Crippen LogP contribution in [0.5, 0.6) is 0 Å². The average Bonchev–Trinajstić information content (AvgIpc) is 3.52. The number of pyridine rings is 2. The van der Waals surface area contributed by atoms with Crippen molar-refractivity contribution in [3.8, 4) is 21.7 Å². The van der Waals surface area contributed by atoms with Crippen molar-refractivity contribution in [3.63, 3.8) is 0 Å². The van der Waals surface area contributed by atoms with Gasteiger partial charge in [-0.25, -0.2) is 24.4 Å². The van der Waals surface area contributed by atoms with Crippen LogP contribution in [0.2, 0.25) is 0 Å². The van der Waals surface area contributed by atoms with Gasteiger partial charge in [-0.05, 0) is 64.3 Å². The van der Waals surface area contributed by atoms with Crippen molar-refractivity contribution in [2.24, 2.45) is 0 Å². The fourth-order valence-corrected chi connectivity index (χ4v) is 6.29. The van der Waals surface area contributed by atoms with Gasteiger partial charge < -0.3 is 24.6 Å². The highest BCUT2D eigenvalue weighted by Gasteiger charge is 2.34. The molecule has 48 heavy (non-hydrogen) atoms. The summed E-state index contributed by atoms with van der Waals surface area (Å²) < 4.78 is 47.7. The topological polar surface area (TPSA) is 156 Å². The summed E-state index contributed by atoms with van der Waals surface area (Å²) >= 11 is 0.743. The van der Waals surface area contributed by atoms with Crippen LogP contribution < -0.4 is 16.1 Å². The van der Waals surface area contributed by atoms with Gasteiger partial charge in [0.1, 0.15) is 22.0 Å². The van der Waals surface area contributed by atoms with Crippen molar-refractivity contribution < 1.29 is 37.4 Å². The molecule has 3 amide bonds. The minimum atomic E-state index is -4.69. The third-order valence-corrected chi connectivity index (χ3v) is 8.40. The van der Waals surface area contributed by atoms with Crippen LogP contribution in [0.15, 0.2) is 46.8 Å². The van der Waals surface area contributed by atoms with E-state index >= 15 is 0 Å². The first kappa shape index (κ1) is 34.3. The number of aromatic carboxylic acids is 1. The predicted octanol–water partition coefficient (Wildman–Crippen LogP) is 6.62. The maximum absolute atomic E-state index is 13.5. The number of aromatic nitrogens is 3. The highest BCUT2D eigenvalue weighted by atomic mass is 32.1. The minimum Gasteiger partial charge on any atom is -0.477 e. The number of likely N-dealkylation sites (tertiary alicyclic amines) is 1. The number of hydrogen-bond donors (Lipinski definition) is 3. The van der Waals surface area contributed by atoms with Crippen molar-refractivity contribution >= 4 is 46.2 Å². The number of alkyl halides is 3. The van der Waals surface area contributed by atoms with Gasteiger partial charge in [-0.1, -0.05) is 6.07 Å². The monoisotopic (exact) mass is 686 g/mol. The van der Waals surface area contributed by atoms with Crippen LogP contribution in [-0.2, 0) is 10.9 Å². The third-order valence-electron chi connectivity index (χ3n) is 7.52. The van der Waals surface area contributed by atoms with Crippen molar-refractivity contribution in [1.82, 2.24) is 24.8 Å². The number of amides is 3. The van der Waals surface area contributed by atoms with Crippen LogP contribution in [0, 0.1) is 0 Å². The quantitative estimate of drug-likeness (QED) is 0.205. The summed E-state index contributed by atoms with van der Waals surface area (Å²) in [6, 6.07) is 5.16. The number of rotatable bonds is 6. The van der Waals surface area contributed by atoms with Crippen LogP contribution in [-0.4, -0.2) is 67.9 Å². The Labute approximate surface area is 276 Å². The highest BCUT2D eigenvalue weighted by Crippen LogP contribution is 2.39. The maximum Gasteiger partial charge on any atom is 0.434 e. The van der Waals surface area contributed by atoms with Crippen LogP contribution in [0.25, 0.3) is 32.6 Å². The molecule has 1 atom stereocenters. The summed E-state index contributed by atoms with van der Waals surface area (Å²) in [6.07, 6.45) is -1.37. The molecule has 254 valence electrons. The third kappa shape index (κ3) is 7.43. The molecule has 4 heterocycles. The lowest BCUT2D eigenvalue weighted by Crippen LogP contribution is -2.43. The number of halogens is 3. The van der Waals surface area contributed by atoms with Crippen molar-refractivity contribution in [1.29, 1.82) is 0 Å². The first-order valence-corrected chi connectivity index (χ1v) is 15.9. The van der Waals surface area contributed by atoms with Gasteiger partial charge in [0.15, 0.2) is 5.69 Å². The van der Waals surface area contributed by atoms with Gasteiger partial charge in [0.2, 0.25) is 5.43 Å². The number of ether oxygens (including phenoxy) is 1. The molecule has 0 saturated carbocycles. The van der Waals surface area contributed by atoms with Gasteiger partial charge in [-0.15, -0.1) is 11.3 Å². The zero-order valence-electron chi connectivity index (χ0n) is 26.5. The van der Waals surface area contributed by atoms with E-state index in [9.17, 15) is 37.5 Å². The molecule has 0 radical (unpaired) electrons. The van der Waals surface area contributed by atoms with Gasteiger partial charge in [-0.2, -0.15) is 13.2 Å². The Balaban J connectivity index is 1.63. The van der Waals surface area contributed by atoms with E-state index in [1.807, 2.05) is 0 Å². The molecule has 0 bridgehead atoms. The smallest absolute Gasteiger partial charge is 0.434 e.